The summed E-state index contributed by atoms with van der Waals surface area (Å²) >= 11 is 0. The van der Waals surface area contributed by atoms with Gasteiger partial charge < -0.3 is 10.1 Å². The number of hydrogen-bond acceptors (Lipinski definition) is 4. The average Bonchev–Trinajstić information content (AvgIpc) is 2.77. The van der Waals surface area contributed by atoms with Crippen molar-refractivity contribution in [3.63, 3.8) is 0 Å². The summed E-state index contributed by atoms with van der Waals surface area (Å²) in [4.78, 5) is 36.2. The monoisotopic (exact) mass is 411 g/mol. The third-order valence-corrected chi connectivity index (χ3v) is 4.36. The normalized spacial score (nSPS) is 10.2. The molecule has 2 aromatic carbocycles. The molecule has 0 aliphatic rings. The van der Waals surface area contributed by atoms with Gasteiger partial charge in [0, 0.05) is 23.2 Å². The Bertz CT molecular complexity index is 833. The molecule has 0 atom stereocenters. The van der Waals surface area contributed by atoms with E-state index in [-0.39, 0.29) is 5.91 Å². The fourth-order valence-corrected chi connectivity index (χ4v) is 2.56. The van der Waals surface area contributed by atoms with E-state index >= 15 is 0 Å². The predicted octanol–water partition coefficient (Wildman–Crippen LogP) is 4.07. The molecule has 3 amide bonds. The summed E-state index contributed by atoms with van der Waals surface area (Å²) in [6, 6.07) is 13.2. The molecule has 0 radical (unpaired) electrons. The van der Waals surface area contributed by atoms with Crippen LogP contribution in [0, 0.1) is 0 Å². The molecule has 30 heavy (non-hydrogen) atoms. The Morgan fingerprint density at radius 1 is 0.767 bits per heavy atom. The van der Waals surface area contributed by atoms with Crippen molar-refractivity contribution in [2.45, 2.75) is 46.0 Å². The molecule has 3 N–H and O–H groups in total. The molecule has 0 heterocycles. The summed E-state index contributed by atoms with van der Waals surface area (Å²) in [6.45, 7) is 4.75. The first-order valence-corrected chi connectivity index (χ1v) is 10.3. The number of anilines is 1. The molecule has 0 aliphatic carbocycles. The Balaban J connectivity index is 1.81. The molecular weight excluding hydrogens is 382 g/mol. The van der Waals surface area contributed by atoms with E-state index in [1.807, 2.05) is 6.92 Å². The van der Waals surface area contributed by atoms with E-state index in [0.717, 1.165) is 25.7 Å². The number of unbranched alkanes of at least 4 members (excludes halogenated alkanes) is 2. The molecule has 0 spiro atoms. The maximum Gasteiger partial charge on any atom is 0.269 e. The molecule has 7 heteroatoms. The minimum atomic E-state index is -0.452. The van der Waals surface area contributed by atoms with Gasteiger partial charge in [-0.25, -0.2) is 0 Å². The molecule has 160 valence electrons. The van der Waals surface area contributed by atoms with Crippen LogP contribution in [-0.4, -0.2) is 24.3 Å². The van der Waals surface area contributed by atoms with Crippen molar-refractivity contribution in [1.29, 1.82) is 0 Å². The second kappa shape index (κ2) is 12.3. The molecule has 7 nitrogen and oxygen atoms in total. The van der Waals surface area contributed by atoms with E-state index in [1.165, 1.54) is 0 Å². The Kier molecular flexibility index (Phi) is 9.37. The van der Waals surface area contributed by atoms with Crippen molar-refractivity contribution in [2.75, 3.05) is 11.9 Å². The lowest BCUT2D eigenvalue weighted by Crippen LogP contribution is -2.41. The fraction of sp³-hybridized carbons (Fsp3) is 0.348. The van der Waals surface area contributed by atoms with Crippen LogP contribution in [0.15, 0.2) is 48.5 Å². The molecule has 2 rings (SSSR count). The van der Waals surface area contributed by atoms with Crippen LogP contribution in [0.1, 0.15) is 66.7 Å². The first-order chi connectivity index (χ1) is 14.5. The number of benzene rings is 2. The highest BCUT2D eigenvalue weighted by molar-refractivity contribution is 5.99. The largest absolute Gasteiger partial charge is 0.494 e. The minimum absolute atomic E-state index is 0.0527. The Labute approximate surface area is 177 Å². The quantitative estimate of drug-likeness (QED) is 0.406. The van der Waals surface area contributed by atoms with Gasteiger partial charge in [0.15, 0.2) is 0 Å². The van der Waals surface area contributed by atoms with E-state index in [9.17, 15) is 14.4 Å². The zero-order valence-corrected chi connectivity index (χ0v) is 17.5. The summed E-state index contributed by atoms with van der Waals surface area (Å²) in [5.74, 6) is -0.232. The first-order valence-electron chi connectivity index (χ1n) is 10.3. The molecule has 0 saturated carbocycles. The zero-order valence-electron chi connectivity index (χ0n) is 17.5. The van der Waals surface area contributed by atoms with Crippen LogP contribution in [0.2, 0.25) is 0 Å². The number of hydrazine groups is 1. The summed E-state index contributed by atoms with van der Waals surface area (Å²) in [6.07, 6.45) is 4.28. The van der Waals surface area contributed by atoms with E-state index in [0.29, 0.717) is 35.6 Å². The van der Waals surface area contributed by atoms with E-state index in [2.05, 4.69) is 23.1 Å². The van der Waals surface area contributed by atoms with Gasteiger partial charge in [0.1, 0.15) is 5.75 Å². The molecular formula is C23H29N3O4. The standard InChI is InChI=1S/C23H29N3O4/c1-3-5-7-21(27)24-19-12-8-17(9-13-19)22(28)25-26-23(29)18-10-14-20(15-11-18)30-16-6-4-2/h8-15H,3-7,16H2,1-2H3,(H,24,27)(H,25,28)(H,26,29). The number of rotatable bonds is 10. The van der Waals surface area contributed by atoms with Gasteiger partial charge in [-0.2, -0.15) is 0 Å². The van der Waals surface area contributed by atoms with E-state index < -0.39 is 11.8 Å². The SMILES string of the molecule is CCCCOc1ccc(C(=O)NNC(=O)c2ccc(NC(=O)CCCC)cc2)cc1. The van der Waals surface area contributed by atoms with Gasteiger partial charge in [0.2, 0.25) is 5.91 Å². The summed E-state index contributed by atoms with van der Waals surface area (Å²) in [7, 11) is 0. The Hall–Kier alpha value is -3.35. The van der Waals surface area contributed by atoms with Crippen molar-refractivity contribution >= 4 is 23.4 Å². The number of carbonyl (C=O) groups excluding carboxylic acids is 3. The van der Waals surface area contributed by atoms with Crippen molar-refractivity contribution in [1.82, 2.24) is 10.9 Å². The van der Waals surface area contributed by atoms with Crippen molar-refractivity contribution in [2.24, 2.45) is 0 Å². The van der Waals surface area contributed by atoms with Gasteiger partial charge in [-0.15, -0.1) is 0 Å². The Morgan fingerprint density at radius 2 is 1.30 bits per heavy atom. The molecule has 0 aliphatic heterocycles. The summed E-state index contributed by atoms with van der Waals surface area (Å²) < 4.78 is 5.56. The number of hydrogen-bond donors (Lipinski definition) is 3. The topological polar surface area (TPSA) is 96.5 Å². The van der Waals surface area contributed by atoms with Gasteiger partial charge in [-0.3, -0.25) is 25.2 Å². The van der Waals surface area contributed by atoms with E-state index in [1.54, 1.807) is 48.5 Å². The van der Waals surface area contributed by atoms with Gasteiger partial charge in [0.25, 0.3) is 11.8 Å². The van der Waals surface area contributed by atoms with Gasteiger partial charge in [-0.1, -0.05) is 26.7 Å². The third-order valence-electron chi connectivity index (χ3n) is 4.36. The van der Waals surface area contributed by atoms with Crippen LogP contribution in [0.4, 0.5) is 5.69 Å². The van der Waals surface area contributed by atoms with Crippen LogP contribution in [0.3, 0.4) is 0 Å². The van der Waals surface area contributed by atoms with E-state index in [4.69, 9.17) is 4.74 Å². The third kappa shape index (κ3) is 7.58. The van der Waals surface area contributed by atoms with Crippen LogP contribution in [0.5, 0.6) is 5.75 Å². The molecule has 0 unspecified atom stereocenters. The molecule has 0 fully saturated rings. The number of nitrogens with one attached hydrogen (secondary N) is 3. The highest BCUT2D eigenvalue weighted by atomic mass is 16.5. The van der Waals surface area contributed by atoms with Crippen molar-refractivity contribution in [3.8, 4) is 5.75 Å². The summed E-state index contributed by atoms with van der Waals surface area (Å²) in [5, 5.41) is 2.78. The molecule has 2 aromatic rings. The van der Waals surface area contributed by atoms with Crippen LogP contribution in [0.25, 0.3) is 0 Å². The maximum absolute atomic E-state index is 12.2. The fourth-order valence-electron chi connectivity index (χ4n) is 2.56. The molecule has 0 saturated heterocycles. The smallest absolute Gasteiger partial charge is 0.269 e. The lowest BCUT2D eigenvalue weighted by atomic mass is 10.2. The highest BCUT2D eigenvalue weighted by Crippen LogP contribution is 2.13. The Morgan fingerprint density at radius 3 is 1.83 bits per heavy atom. The second-order valence-electron chi connectivity index (χ2n) is 6.86. The summed E-state index contributed by atoms with van der Waals surface area (Å²) in [5.41, 5.74) is 6.17. The number of carbonyl (C=O) groups is 3. The average molecular weight is 412 g/mol. The number of ether oxygens (including phenoxy) is 1. The first kappa shape index (κ1) is 22.9. The van der Waals surface area contributed by atoms with Crippen LogP contribution in [-0.2, 0) is 4.79 Å². The highest BCUT2D eigenvalue weighted by Gasteiger charge is 2.10. The van der Waals surface area contributed by atoms with Crippen molar-refractivity contribution < 1.29 is 19.1 Å². The van der Waals surface area contributed by atoms with Gasteiger partial charge in [0.05, 0.1) is 6.61 Å². The lowest BCUT2D eigenvalue weighted by molar-refractivity contribution is -0.116. The van der Waals surface area contributed by atoms with Crippen LogP contribution >= 0.6 is 0 Å². The second-order valence-corrected chi connectivity index (χ2v) is 6.86. The van der Waals surface area contributed by atoms with Gasteiger partial charge >= 0.3 is 0 Å². The lowest BCUT2D eigenvalue weighted by Gasteiger charge is -2.09. The molecule has 0 bridgehead atoms. The number of amides is 3. The van der Waals surface area contributed by atoms with Gasteiger partial charge in [-0.05, 0) is 61.4 Å². The van der Waals surface area contributed by atoms with Crippen molar-refractivity contribution in [3.05, 3.63) is 59.7 Å². The predicted molar refractivity (Wildman–Crippen MR) is 116 cm³/mol. The van der Waals surface area contributed by atoms with Crippen LogP contribution < -0.4 is 20.9 Å². The zero-order chi connectivity index (χ0) is 21.8. The maximum atomic E-state index is 12.2. The molecule has 0 aromatic heterocycles. The minimum Gasteiger partial charge on any atom is -0.494 e.